The Morgan fingerprint density at radius 1 is 0.889 bits per heavy atom. The summed E-state index contributed by atoms with van der Waals surface area (Å²) < 4.78 is 24.9. The maximum Gasteiger partial charge on any atom is 0.230 e. The first-order valence-corrected chi connectivity index (χ1v) is 14.1. The van der Waals surface area contributed by atoms with Gasteiger partial charge in [0.05, 0.1) is 22.8 Å². The van der Waals surface area contributed by atoms with Crippen molar-refractivity contribution in [3.63, 3.8) is 0 Å². The third kappa shape index (κ3) is 5.61. The Balaban J connectivity index is 1.33. The average Bonchev–Trinajstić information content (AvgIpc) is 3.60. The number of amides is 1. The molecule has 0 radical (unpaired) electrons. The third-order valence-corrected chi connectivity index (χ3v) is 8.83. The lowest BCUT2D eigenvalue weighted by molar-refractivity contribution is -0.115. The molecule has 1 aliphatic rings. The lowest BCUT2D eigenvalue weighted by Crippen LogP contribution is -2.14. The van der Waals surface area contributed by atoms with E-state index >= 15 is 0 Å². The van der Waals surface area contributed by atoms with E-state index in [4.69, 9.17) is 0 Å². The number of aromatic nitrogens is 1. The van der Waals surface area contributed by atoms with Crippen molar-refractivity contribution >= 4 is 38.0 Å². The predicted molar refractivity (Wildman–Crippen MR) is 141 cm³/mol. The van der Waals surface area contributed by atoms with E-state index in [-0.39, 0.29) is 34.7 Å². The molecule has 4 aromatic rings. The molecule has 36 heavy (non-hydrogen) atoms. The van der Waals surface area contributed by atoms with Gasteiger partial charge in [0.15, 0.2) is 15.0 Å². The van der Waals surface area contributed by atoms with Gasteiger partial charge in [-0.25, -0.2) is 13.4 Å². The number of thiazole rings is 1. The van der Waals surface area contributed by atoms with Crippen molar-refractivity contribution < 1.29 is 18.0 Å². The fourth-order valence-corrected chi connectivity index (χ4v) is 6.56. The monoisotopic (exact) mass is 516 g/mol. The minimum Gasteiger partial charge on any atom is -0.302 e. The highest BCUT2D eigenvalue weighted by Gasteiger charge is 2.29. The van der Waals surface area contributed by atoms with E-state index in [0.29, 0.717) is 26.8 Å². The average molecular weight is 517 g/mol. The van der Waals surface area contributed by atoms with Crippen molar-refractivity contribution in [2.75, 3.05) is 11.1 Å². The topological polar surface area (TPSA) is 93.2 Å². The van der Waals surface area contributed by atoms with E-state index in [9.17, 15) is 18.0 Å². The summed E-state index contributed by atoms with van der Waals surface area (Å²) in [5, 5.41) is 3.14. The number of hydrogen-bond acceptors (Lipinski definition) is 6. The van der Waals surface area contributed by atoms with Crippen LogP contribution in [0, 0.1) is 5.92 Å². The van der Waals surface area contributed by atoms with Crippen LogP contribution in [0.25, 0.3) is 11.3 Å². The molecule has 5 rings (SSSR count). The maximum atomic E-state index is 13.2. The van der Waals surface area contributed by atoms with Gasteiger partial charge in [0, 0.05) is 11.1 Å². The van der Waals surface area contributed by atoms with Crippen LogP contribution in [0.4, 0.5) is 5.13 Å². The summed E-state index contributed by atoms with van der Waals surface area (Å²) in [5.74, 6) is 0.00861. The van der Waals surface area contributed by atoms with Gasteiger partial charge in [0.25, 0.3) is 0 Å². The van der Waals surface area contributed by atoms with Crippen molar-refractivity contribution in [2.45, 2.75) is 24.2 Å². The Morgan fingerprint density at radius 2 is 1.53 bits per heavy atom. The molecule has 0 spiro atoms. The summed E-state index contributed by atoms with van der Waals surface area (Å²) in [5.41, 5.74) is 2.55. The maximum absolute atomic E-state index is 13.2. The lowest BCUT2D eigenvalue weighted by atomic mass is 10.1. The number of hydrogen-bond donors (Lipinski definition) is 1. The number of rotatable bonds is 9. The molecule has 0 saturated heterocycles. The summed E-state index contributed by atoms with van der Waals surface area (Å²) in [4.78, 5) is 31.3. The van der Waals surface area contributed by atoms with Gasteiger partial charge in [-0.15, -0.1) is 0 Å². The van der Waals surface area contributed by atoms with Crippen molar-refractivity contribution in [2.24, 2.45) is 5.92 Å². The summed E-state index contributed by atoms with van der Waals surface area (Å²) in [6.45, 7) is 0. The van der Waals surface area contributed by atoms with Crippen LogP contribution >= 0.6 is 11.3 Å². The van der Waals surface area contributed by atoms with E-state index < -0.39 is 9.84 Å². The first-order chi connectivity index (χ1) is 17.4. The number of nitrogens with one attached hydrogen (secondary N) is 1. The highest BCUT2D eigenvalue weighted by Crippen LogP contribution is 2.34. The van der Waals surface area contributed by atoms with Gasteiger partial charge < -0.3 is 5.32 Å². The van der Waals surface area contributed by atoms with Gasteiger partial charge in [-0.1, -0.05) is 84.1 Å². The zero-order valence-corrected chi connectivity index (χ0v) is 21.0. The van der Waals surface area contributed by atoms with E-state index in [1.807, 2.05) is 48.5 Å². The molecular weight excluding hydrogens is 492 g/mol. The van der Waals surface area contributed by atoms with Crippen LogP contribution in [0.1, 0.15) is 33.6 Å². The largest absolute Gasteiger partial charge is 0.302 e. The Hall–Kier alpha value is -3.62. The highest BCUT2D eigenvalue weighted by molar-refractivity contribution is 7.91. The van der Waals surface area contributed by atoms with Crippen molar-refractivity contribution in [3.05, 3.63) is 101 Å². The smallest absolute Gasteiger partial charge is 0.230 e. The molecule has 0 aliphatic heterocycles. The van der Waals surface area contributed by atoms with Crippen LogP contribution in [-0.4, -0.2) is 30.8 Å². The van der Waals surface area contributed by atoms with E-state index in [1.54, 1.807) is 36.4 Å². The van der Waals surface area contributed by atoms with Crippen molar-refractivity contribution in [1.29, 1.82) is 0 Å². The van der Waals surface area contributed by atoms with E-state index in [2.05, 4.69) is 10.3 Å². The fourth-order valence-electron chi connectivity index (χ4n) is 3.89. The van der Waals surface area contributed by atoms with Crippen LogP contribution in [0.5, 0.6) is 0 Å². The van der Waals surface area contributed by atoms with Gasteiger partial charge in [0.2, 0.25) is 11.7 Å². The summed E-state index contributed by atoms with van der Waals surface area (Å²) in [7, 11) is -3.29. The van der Waals surface area contributed by atoms with Crippen LogP contribution in [-0.2, 0) is 21.1 Å². The first kappa shape index (κ1) is 24.1. The lowest BCUT2D eigenvalue weighted by Gasteiger charge is -2.06. The Morgan fingerprint density at radius 3 is 2.17 bits per heavy atom. The zero-order valence-electron chi connectivity index (χ0n) is 19.4. The van der Waals surface area contributed by atoms with Gasteiger partial charge in [-0.2, -0.15) is 0 Å². The predicted octanol–water partition coefficient (Wildman–Crippen LogP) is 5.41. The highest BCUT2D eigenvalue weighted by atomic mass is 32.2. The molecular formula is C28H24N2O4S2. The van der Waals surface area contributed by atoms with Crippen LogP contribution in [0.15, 0.2) is 89.8 Å². The molecule has 1 fully saturated rings. The summed E-state index contributed by atoms with van der Waals surface area (Å²) in [6.07, 6.45) is 2.00. The van der Waals surface area contributed by atoms with Crippen LogP contribution < -0.4 is 5.32 Å². The molecule has 182 valence electrons. The van der Waals surface area contributed by atoms with Crippen LogP contribution in [0.2, 0.25) is 0 Å². The second-order valence-corrected chi connectivity index (χ2v) is 11.9. The number of benzene rings is 3. The molecule has 6 nitrogen and oxygen atoms in total. The van der Waals surface area contributed by atoms with Gasteiger partial charge in [-0.3, -0.25) is 9.59 Å². The minimum atomic E-state index is -3.29. The molecule has 1 aliphatic carbocycles. The summed E-state index contributed by atoms with van der Waals surface area (Å²) in [6, 6.07) is 24.8. The number of anilines is 1. The second-order valence-electron chi connectivity index (χ2n) is 8.85. The molecule has 1 saturated carbocycles. The van der Waals surface area contributed by atoms with Crippen molar-refractivity contribution in [1.82, 2.24) is 4.98 Å². The minimum absolute atomic E-state index is 0.0607. The van der Waals surface area contributed by atoms with Gasteiger partial charge >= 0.3 is 0 Å². The molecule has 0 bridgehead atoms. The Labute approximate surface area is 214 Å². The van der Waals surface area contributed by atoms with Crippen molar-refractivity contribution in [3.8, 4) is 11.3 Å². The van der Waals surface area contributed by atoms with Crippen LogP contribution in [0.3, 0.4) is 0 Å². The zero-order chi connectivity index (χ0) is 25.1. The molecule has 0 unspecified atom stereocenters. The quantitative estimate of drug-likeness (QED) is 0.301. The fraction of sp³-hybridized carbons (Fsp3) is 0.179. The number of nitrogens with zero attached hydrogens (tertiary/aromatic N) is 1. The van der Waals surface area contributed by atoms with Gasteiger partial charge in [0.1, 0.15) is 4.88 Å². The molecule has 8 heteroatoms. The molecule has 1 amide bonds. The van der Waals surface area contributed by atoms with E-state index in [1.165, 1.54) is 0 Å². The van der Waals surface area contributed by atoms with E-state index in [0.717, 1.165) is 29.7 Å². The first-order valence-electron chi connectivity index (χ1n) is 11.7. The molecule has 0 atom stereocenters. The second kappa shape index (κ2) is 10.2. The number of sulfone groups is 1. The SMILES string of the molecule is O=C(Cc1ccc(S(=O)(=O)CC2CC2)cc1)Nc1nc(-c2ccccc2)c(C(=O)c2ccccc2)s1. The number of carbonyl (C=O) groups is 2. The molecule has 1 heterocycles. The Kier molecular flexibility index (Phi) is 6.80. The Bertz CT molecular complexity index is 1490. The normalized spacial score (nSPS) is 13.3. The molecule has 3 aromatic carbocycles. The van der Waals surface area contributed by atoms with Gasteiger partial charge in [-0.05, 0) is 36.5 Å². The number of carbonyl (C=O) groups excluding carboxylic acids is 2. The summed E-state index contributed by atoms with van der Waals surface area (Å²) >= 11 is 1.14. The third-order valence-electron chi connectivity index (χ3n) is 5.96. The molecule has 1 N–H and O–H groups in total. The molecule has 1 aromatic heterocycles. The standard InChI is InChI=1S/C28H24N2O4S2/c31-24(17-19-13-15-23(16-14-19)36(33,34)18-20-11-12-20)29-28-30-25(21-7-3-1-4-8-21)27(35-28)26(32)22-9-5-2-6-10-22/h1-10,13-16,20H,11-12,17-18H2,(H,29,30,31). The number of ketones is 1.